The van der Waals surface area contributed by atoms with E-state index in [4.69, 9.17) is 4.52 Å². The maximum Gasteiger partial charge on any atom is 0.317 e. The number of nitrogens with zero attached hydrogens (tertiary/aromatic N) is 6. The predicted molar refractivity (Wildman–Crippen MR) is 90.9 cm³/mol. The van der Waals surface area contributed by atoms with Crippen LogP contribution in [0, 0.1) is 0 Å². The molecule has 25 heavy (non-hydrogen) atoms. The average Bonchev–Trinajstić information content (AvgIpc) is 3.30. The first kappa shape index (κ1) is 17.4. The van der Waals surface area contributed by atoms with Crippen molar-refractivity contribution in [3.8, 4) is 0 Å². The number of hydrogen-bond donors (Lipinski definition) is 1. The van der Waals surface area contributed by atoms with E-state index in [1.807, 2.05) is 29.5 Å². The molecule has 3 rings (SSSR count). The minimum atomic E-state index is -0.0509. The largest absolute Gasteiger partial charge is 0.361 e. The molecule has 0 saturated carbocycles. The van der Waals surface area contributed by atoms with Crippen LogP contribution in [-0.4, -0.2) is 68.5 Å². The molecule has 0 aliphatic carbocycles. The Morgan fingerprint density at radius 3 is 2.72 bits per heavy atom. The maximum absolute atomic E-state index is 12.3. The van der Waals surface area contributed by atoms with E-state index in [0.29, 0.717) is 12.5 Å². The number of carbonyl (C=O) groups excluding carboxylic acids is 1. The highest BCUT2D eigenvalue weighted by molar-refractivity contribution is 5.74. The lowest BCUT2D eigenvalue weighted by molar-refractivity contribution is 0.135. The fraction of sp³-hybridized carbons (Fsp3) is 0.625. The van der Waals surface area contributed by atoms with Gasteiger partial charge in [-0.15, -0.1) is 0 Å². The van der Waals surface area contributed by atoms with Crippen molar-refractivity contribution >= 4 is 6.03 Å². The van der Waals surface area contributed by atoms with Crippen molar-refractivity contribution in [2.45, 2.75) is 32.9 Å². The quantitative estimate of drug-likeness (QED) is 0.835. The van der Waals surface area contributed by atoms with Gasteiger partial charge in [0.15, 0.2) is 0 Å². The van der Waals surface area contributed by atoms with Crippen molar-refractivity contribution in [1.29, 1.82) is 0 Å². The van der Waals surface area contributed by atoms with Crippen molar-refractivity contribution in [2.75, 3.05) is 32.7 Å². The molecule has 2 aromatic rings. The molecular weight excluding hydrogens is 322 g/mol. The van der Waals surface area contributed by atoms with E-state index in [1.165, 1.54) is 0 Å². The third-order valence-corrected chi connectivity index (χ3v) is 4.34. The van der Waals surface area contributed by atoms with E-state index in [-0.39, 0.29) is 6.03 Å². The Morgan fingerprint density at radius 2 is 2.08 bits per heavy atom. The second-order valence-electron chi connectivity index (χ2n) is 6.52. The highest BCUT2D eigenvalue weighted by atomic mass is 16.5. The molecule has 9 heteroatoms. The molecule has 1 aliphatic heterocycles. The molecule has 0 spiro atoms. The standard InChI is InChI=1S/C16H25N7O2/c1-13(2)15-9-14(20-25-15)10-18-16(24)22-6-3-21(4-7-22)5-8-23-12-17-11-19-23/h9,11-13H,3-8,10H2,1-2H3,(H,18,24). The van der Waals surface area contributed by atoms with Gasteiger partial charge in [-0.3, -0.25) is 9.58 Å². The fourth-order valence-corrected chi connectivity index (χ4v) is 2.73. The zero-order valence-electron chi connectivity index (χ0n) is 14.8. The molecule has 0 aromatic carbocycles. The Kier molecular flexibility index (Phi) is 5.64. The van der Waals surface area contributed by atoms with Crippen LogP contribution in [0.5, 0.6) is 0 Å². The van der Waals surface area contributed by atoms with Gasteiger partial charge in [0.25, 0.3) is 0 Å². The number of amides is 2. The lowest BCUT2D eigenvalue weighted by Gasteiger charge is -2.34. The summed E-state index contributed by atoms with van der Waals surface area (Å²) in [7, 11) is 0. The number of urea groups is 1. The Morgan fingerprint density at radius 1 is 1.28 bits per heavy atom. The van der Waals surface area contributed by atoms with E-state index in [9.17, 15) is 4.79 Å². The van der Waals surface area contributed by atoms with Crippen LogP contribution in [0.2, 0.25) is 0 Å². The molecule has 0 radical (unpaired) electrons. The van der Waals surface area contributed by atoms with Crippen molar-refractivity contribution < 1.29 is 9.32 Å². The number of carbonyl (C=O) groups is 1. The zero-order chi connectivity index (χ0) is 17.6. The molecule has 1 aliphatic rings. The minimum Gasteiger partial charge on any atom is -0.361 e. The summed E-state index contributed by atoms with van der Waals surface area (Å²) in [4.78, 5) is 20.4. The fourth-order valence-electron chi connectivity index (χ4n) is 2.73. The number of piperazine rings is 1. The normalized spacial score (nSPS) is 15.7. The molecule has 2 aromatic heterocycles. The van der Waals surface area contributed by atoms with Gasteiger partial charge in [-0.2, -0.15) is 5.10 Å². The molecule has 1 N–H and O–H groups in total. The van der Waals surface area contributed by atoms with E-state index >= 15 is 0 Å². The van der Waals surface area contributed by atoms with Crippen LogP contribution in [0.15, 0.2) is 23.2 Å². The monoisotopic (exact) mass is 347 g/mol. The molecule has 1 fully saturated rings. The summed E-state index contributed by atoms with van der Waals surface area (Å²) >= 11 is 0. The molecule has 0 atom stereocenters. The molecule has 9 nitrogen and oxygen atoms in total. The summed E-state index contributed by atoms with van der Waals surface area (Å²) < 4.78 is 7.06. The summed E-state index contributed by atoms with van der Waals surface area (Å²) in [6, 6.07) is 1.84. The molecule has 0 bridgehead atoms. The third-order valence-electron chi connectivity index (χ3n) is 4.34. The van der Waals surface area contributed by atoms with Crippen LogP contribution in [0.4, 0.5) is 4.79 Å². The van der Waals surface area contributed by atoms with Gasteiger partial charge < -0.3 is 14.7 Å². The predicted octanol–water partition coefficient (Wildman–Crippen LogP) is 0.917. The van der Waals surface area contributed by atoms with E-state index in [0.717, 1.165) is 50.7 Å². The van der Waals surface area contributed by atoms with Crippen LogP contribution in [0.25, 0.3) is 0 Å². The summed E-state index contributed by atoms with van der Waals surface area (Å²) in [6.45, 7) is 9.38. The molecule has 0 unspecified atom stereocenters. The lowest BCUT2D eigenvalue weighted by Crippen LogP contribution is -2.52. The van der Waals surface area contributed by atoms with Crippen LogP contribution in [0.3, 0.4) is 0 Å². The molecule has 2 amide bonds. The van der Waals surface area contributed by atoms with Crippen molar-refractivity contribution in [1.82, 2.24) is 35.0 Å². The van der Waals surface area contributed by atoms with Crippen molar-refractivity contribution in [2.24, 2.45) is 0 Å². The van der Waals surface area contributed by atoms with Crippen LogP contribution in [0.1, 0.15) is 31.2 Å². The van der Waals surface area contributed by atoms with Crippen molar-refractivity contribution in [3.05, 3.63) is 30.2 Å². The van der Waals surface area contributed by atoms with Crippen LogP contribution in [-0.2, 0) is 13.1 Å². The zero-order valence-corrected chi connectivity index (χ0v) is 14.8. The van der Waals surface area contributed by atoms with Gasteiger partial charge >= 0.3 is 6.03 Å². The first-order valence-electron chi connectivity index (χ1n) is 8.65. The summed E-state index contributed by atoms with van der Waals surface area (Å²) in [5.74, 6) is 1.13. The topological polar surface area (TPSA) is 92.3 Å². The van der Waals surface area contributed by atoms with E-state index in [1.54, 1.807) is 12.7 Å². The number of hydrogen-bond acceptors (Lipinski definition) is 6. The van der Waals surface area contributed by atoms with Crippen LogP contribution >= 0.6 is 0 Å². The van der Waals surface area contributed by atoms with Gasteiger partial charge in [-0.25, -0.2) is 9.78 Å². The summed E-state index contributed by atoms with van der Waals surface area (Å²) in [5, 5.41) is 11.0. The van der Waals surface area contributed by atoms with Gasteiger partial charge in [-0.1, -0.05) is 19.0 Å². The third kappa shape index (κ3) is 4.79. The Bertz CT molecular complexity index is 660. The maximum atomic E-state index is 12.3. The molecule has 1 saturated heterocycles. The van der Waals surface area contributed by atoms with Gasteiger partial charge in [0, 0.05) is 44.7 Å². The highest BCUT2D eigenvalue weighted by Crippen LogP contribution is 2.14. The van der Waals surface area contributed by atoms with Crippen LogP contribution < -0.4 is 5.32 Å². The lowest BCUT2D eigenvalue weighted by atomic mass is 10.1. The first-order valence-corrected chi connectivity index (χ1v) is 8.65. The van der Waals surface area contributed by atoms with Gasteiger partial charge in [0.2, 0.25) is 0 Å². The Balaban J connectivity index is 1.37. The average molecular weight is 347 g/mol. The SMILES string of the molecule is CC(C)c1cc(CNC(=O)N2CCN(CCn3cncn3)CC2)no1. The minimum absolute atomic E-state index is 0.0509. The summed E-state index contributed by atoms with van der Waals surface area (Å²) in [5.41, 5.74) is 0.753. The number of nitrogens with one attached hydrogen (secondary N) is 1. The molecular formula is C16H25N7O2. The highest BCUT2D eigenvalue weighted by Gasteiger charge is 2.21. The molecule has 3 heterocycles. The first-order chi connectivity index (χ1) is 12.1. The van der Waals surface area contributed by atoms with Gasteiger partial charge in [-0.05, 0) is 0 Å². The molecule has 136 valence electrons. The second kappa shape index (κ2) is 8.11. The Labute approximate surface area is 147 Å². The number of rotatable bonds is 6. The Hall–Kier alpha value is -2.42. The summed E-state index contributed by atoms with van der Waals surface area (Å²) in [6.07, 6.45) is 3.26. The van der Waals surface area contributed by atoms with E-state index in [2.05, 4.69) is 25.5 Å². The van der Waals surface area contributed by atoms with E-state index < -0.39 is 0 Å². The smallest absolute Gasteiger partial charge is 0.317 e. The van der Waals surface area contributed by atoms with Gasteiger partial charge in [0.05, 0.1) is 13.1 Å². The number of aromatic nitrogens is 4. The van der Waals surface area contributed by atoms with Gasteiger partial charge in [0.1, 0.15) is 24.1 Å². The second-order valence-corrected chi connectivity index (χ2v) is 6.52. The van der Waals surface area contributed by atoms with Crippen molar-refractivity contribution in [3.63, 3.8) is 0 Å².